The number of hydrogen-bond acceptors (Lipinski definition) is 4. The van der Waals surface area contributed by atoms with E-state index in [-0.39, 0.29) is 22.2 Å². The van der Waals surface area contributed by atoms with Gasteiger partial charge < -0.3 is 4.74 Å². The van der Waals surface area contributed by atoms with Crippen LogP contribution in [0.4, 0.5) is 8.78 Å². The average Bonchev–Trinajstić information content (AvgIpc) is 2.41. The number of ether oxygens (including phenoxy) is 1. The lowest BCUT2D eigenvalue weighted by atomic mass is 10.2. The molecule has 5 nitrogen and oxygen atoms in total. The van der Waals surface area contributed by atoms with E-state index in [1.165, 1.54) is 23.8 Å². The van der Waals surface area contributed by atoms with Gasteiger partial charge in [-0.25, -0.2) is 13.8 Å². The molecule has 20 heavy (non-hydrogen) atoms. The van der Waals surface area contributed by atoms with Crippen molar-refractivity contribution in [1.82, 2.24) is 10.5 Å². The molecule has 1 aromatic carbocycles. The second-order valence-corrected chi connectivity index (χ2v) is 4.11. The van der Waals surface area contributed by atoms with Gasteiger partial charge in [0.25, 0.3) is 5.88 Å². The minimum absolute atomic E-state index is 0.00860. The van der Waals surface area contributed by atoms with Crippen LogP contribution in [-0.2, 0) is 0 Å². The van der Waals surface area contributed by atoms with Gasteiger partial charge in [-0.2, -0.15) is 0 Å². The molecule has 0 aliphatic carbocycles. The molecule has 0 bridgehead atoms. The Labute approximate surface area is 117 Å². The van der Waals surface area contributed by atoms with E-state index in [1.54, 1.807) is 0 Å². The molecule has 0 spiro atoms. The average molecular weight is 300 g/mol. The first-order valence-corrected chi connectivity index (χ1v) is 5.66. The fourth-order valence-corrected chi connectivity index (χ4v) is 1.56. The van der Waals surface area contributed by atoms with Crippen LogP contribution in [0.25, 0.3) is 0 Å². The number of pyridine rings is 1. The zero-order chi connectivity index (χ0) is 14.7. The quantitative estimate of drug-likeness (QED) is 0.462. The van der Waals surface area contributed by atoms with Gasteiger partial charge in [-0.1, -0.05) is 11.6 Å². The van der Waals surface area contributed by atoms with E-state index in [4.69, 9.17) is 27.0 Å². The highest BCUT2D eigenvalue weighted by atomic mass is 35.5. The van der Waals surface area contributed by atoms with E-state index in [1.807, 2.05) is 0 Å². The second kappa shape index (κ2) is 5.81. The topological polar surface area (TPSA) is 78.2 Å². The summed E-state index contributed by atoms with van der Waals surface area (Å²) in [5.74, 6) is -2.47. The van der Waals surface area contributed by atoms with E-state index in [0.717, 1.165) is 12.1 Å². The lowest BCUT2D eigenvalue weighted by Crippen LogP contribution is -2.19. The van der Waals surface area contributed by atoms with Crippen LogP contribution in [0.2, 0.25) is 5.02 Å². The van der Waals surface area contributed by atoms with Crippen LogP contribution in [0.15, 0.2) is 30.5 Å². The molecule has 0 unspecified atom stereocenters. The Bertz CT molecular complexity index is 667. The van der Waals surface area contributed by atoms with Gasteiger partial charge in [0.2, 0.25) is 0 Å². The first-order valence-electron chi connectivity index (χ1n) is 5.28. The minimum atomic E-state index is -0.816. The molecule has 1 heterocycles. The first-order chi connectivity index (χ1) is 9.51. The van der Waals surface area contributed by atoms with Gasteiger partial charge in [0.1, 0.15) is 11.6 Å². The maximum atomic E-state index is 13.6. The third-order valence-corrected chi connectivity index (χ3v) is 2.52. The Kier molecular flexibility index (Phi) is 4.11. The Morgan fingerprint density at radius 3 is 2.65 bits per heavy atom. The van der Waals surface area contributed by atoms with Crippen molar-refractivity contribution in [3.63, 3.8) is 0 Å². The van der Waals surface area contributed by atoms with Crippen molar-refractivity contribution in [3.8, 4) is 11.6 Å². The van der Waals surface area contributed by atoms with Gasteiger partial charge in [-0.15, -0.1) is 0 Å². The van der Waals surface area contributed by atoms with Crippen molar-refractivity contribution in [2.75, 3.05) is 0 Å². The summed E-state index contributed by atoms with van der Waals surface area (Å²) in [5, 5.41) is 15.9. The summed E-state index contributed by atoms with van der Waals surface area (Å²) >= 11 is 5.54. The molecule has 104 valence electrons. The summed E-state index contributed by atoms with van der Waals surface area (Å²) < 4.78 is 32.2. The summed E-state index contributed by atoms with van der Waals surface area (Å²) in [6, 6.07) is 4.46. The van der Waals surface area contributed by atoms with Crippen molar-refractivity contribution in [2.45, 2.75) is 0 Å². The number of hydrogen-bond donors (Lipinski definition) is 3. The maximum Gasteiger partial charge on any atom is 0.255 e. The first kappa shape index (κ1) is 14.2. The third-order valence-electron chi connectivity index (χ3n) is 2.31. The fourth-order valence-electron chi connectivity index (χ4n) is 1.41. The van der Waals surface area contributed by atoms with Gasteiger partial charge in [-0.3, -0.25) is 16.1 Å². The highest BCUT2D eigenvalue weighted by molar-refractivity contribution is 6.30. The maximum absolute atomic E-state index is 13.6. The van der Waals surface area contributed by atoms with E-state index >= 15 is 0 Å². The number of nitrogens with one attached hydrogen (secondary N) is 2. The van der Waals surface area contributed by atoms with Gasteiger partial charge in [0, 0.05) is 12.3 Å². The Hall–Kier alpha value is -2.25. The van der Waals surface area contributed by atoms with Crippen molar-refractivity contribution in [3.05, 3.63) is 52.7 Å². The predicted molar refractivity (Wildman–Crippen MR) is 67.4 cm³/mol. The zero-order valence-electron chi connectivity index (χ0n) is 9.82. The van der Waals surface area contributed by atoms with Crippen molar-refractivity contribution < 1.29 is 18.7 Å². The summed E-state index contributed by atoms with van der Waals surface area (Å²) in [5.41, 5.74) is 1.36. The van der Waals surface area contributed by atoms with Gasteiger partial charge in [0.15, 0.2) is 11.7 Å². The highest BCUT2D eigenvalue weighted by Crippen LogP contribution is 2.25. The van der Waals surface area contributed by atoms with Gasteiger partial charge >= 0.3 is 0 Å². The molecule has 2 aromatic rings. The third kappa shape index (κ3) is 3.01. The second-order valence-electron chi connectivity index (χ2n) is 3.67. The van der Waals surface area contributed by atoms with Crippen LogP contribution >= 0.6 is 11.6 Å². The van der Waals surface area contributed by atoms with E-state index in [9.17, 15) is 8.78 Å². The molecule has 2 rings (SSSR count). The lowest BCUT2D eigenvalue weighted by Gasteiger charge is -2.08. The molecule has 0 aliphatic rings. The number of aromatic nitrogens is 1. The number of nitrogens with zero attached hydrogens (tertiary/aromatic N) is 1. The Morgan fingerprint density at radius 2 is 2.05 bits per heavy atom. The molecule has 3 N–H and O–H groups in total. The smallest absolute Gasteiger partial charge is 0.255 e. The Morgan fingerprint density at radius 1 is 1.30 bits per heavy atom. The molecule has 0 amide bonds. The molecule has 0 fully saturated rings. The molecule has 0 saturated heterocycles. The molecule has 0 saturated carbocycles. The molecule has 1 aromatic heterocycles. The van der Waals surface area contributed by atoms with Crippen molar-refractivity contribution in [1.29, 1.82) is 5.41 Å². The van der Waals surface area contributed by atoms with Crippen molar-refractivity contribution >= 4 is 17.4 Å². The molecular weight excluding hydrogens is 292 g/mol. The monoisotopic (exact) mass is 299 g/mol. The van der Waals surface area contributed by atoms with E-state index < -0.39 is 17.5 Å². The van der Waals surface area contributed by atoms with Crippen LogP contribution < -0.4 is 10.2 Å². The van der Waals surface area contributed by atoms with E-state index in [0.29, 0.717) is 0 Å². The number of benzene rings is 1. The van der Waals surface area contributed by atoms with Crippen molar-refractivity contribution in [2.24, 2.45) is 0 Å². The van der Waals surface area contributed by atoms with Crippen LogP contribution in [0.5, 0.6) is 11.6 Å². The number of amidine groups is 1. The Balaban J connectivity index is 2.26. The SMILES string of the molecule is N=C(NO)c1ccc(Oc2ncc(Cl)cc2F)cc1F. The molecule has 0 aliphatic heterocycles. The van der Waals surface area contributed by atoms with Crippen LogP contribution in [0.1, 0.15) is 5.56 Å². The van der Waals surface area contributed by atoms with Gasteiger partial charge in [-0.05, 0) is 18.2 Å². The summed E-state index contributed by atoms with van der Waals surface area (Å²) in [7, 11) is 0. The minimum Gasteiger partial charge on any atom is -0.436 e. The summed E-state index contributed by atoms with van der Waals surface area (Å²) in [4.78, 5) is 3.63. The number of hydroxylamine groups is 1. The largest absolute Gasteiger partial charge is 0.436 e. The molecule has 0 radical (unpaired) electrons. The molecule has 0 atom stereocenters. The normalized spacial score (nSPS) is 10.2. The lowest BCUT2D eigenvalue weighted by molar-refractivity contribution is 0.233. The molecule has 8 heteroatoms. The van der Waals surface area contributed by atoms with Crippen LogP contribution in [0.3, 0.4) is 0 Å². The summed E-state index contributed by atoms with van der Waals surface area (Å²) in [6.07, 6.45) is 1.19. The highest BCUT2D eigenvalue weighted by Gasteiger charge is 2.11. The fraction of sp³-hybridized carbons (Fsp3) is 0. The van der Waals surface area contributed by atoms with Crippen LogP contribution in [-0.4, -0.2) is 16.0 Å². The molecular formula is C12H8ClF2N3O2. The van der Waals surface area contributed by atoms with E-state index in [2.05, 4.69) is 4.98 Å². The van der Waals surface area contributed by atoms with Crippen LogP contribution in [0, 0.1) is 17.0 Å². The number of rotatable bonds is 3. The van der Waals surface area contributed by atoms with Gasteiger partial charge in [0.05, 0.1) is 10.6 Å². The summed E-state index contributed by atoms with van der Waals surface area (Å²) in [6.45, 7) is 0. The predicted octanol–water partition coefficient (Wildman–Crippen LogP) is 3.11. The number of halogens is 3. The zero-order valence-corrected chi connectivity index (χ0v) is 10.6. The standard InChI is InChI=1S/C12H8ClF2N3O2/c13-6-3-10(15)12(17-5-6)20-7-1-2-8(9(14)4-7)11(16)18-19/h1-5,19H,(H2,16,18).